The van der Waals surface area contributed by atoms with Crippen molar-refractivity contribution in [1.82, 2.24) is 14.5 Å². The minimum atomic E-state index is -0.0676. The first-order valence-electron chi connectivity index (χ1n) is 7.51. The van der Waals surface area contributed by atoms with Crippen molar-refractivity contribution in [3.63, 3.8) is 0 Å². The number of aromatic nitrogens is 2. The Morgan fingerprint density at radius 1 is 1.50 bits per heavy atom. The number of nitrogens with zero attached hydrogens (tertiary/aromatic N) is 3. The van der Waals surface area contributed by atoms with Crippen LogP contribution in [0.4, 0.5) is 0 Å². The van der Waals surface area contributed by atoms with Crippen LogP contribution in [-0.2, 0) is 17.7 Å². The molecule has 1 aliphatic rings. The Balaban J connectivity index is 1.83. The smallest absolute Gasteiger partial charge is 0.290 e. The summed E-state index contributed by atoms with van der Waals surface area (Å²) in [6, 6.07) is 1.74. The van der Waals surface area contributed by atoms with Crippen LogP contribution in [0.2, 0.25) is 0 Å². The third-order valence-corrected chi connectivity index (χ3v) is 4.25. The normalized spacial score (nSPS) is 17.6. The van der Waals surface area contributed by atoms with Gasteiger partial charge in [0.05, 0.1) is 18.9 Å². The van der Waals surface area contributed by atoms with Crippen molar-refractivity contribution in [2.45, 2.75) is 32.9 Å². The van der Waals surface area contributed by atoms with Crippen LogP contribution in [0.3, 0.4) is 0 Å². The molecule has 0 aromatic carbocycles. The second-order valence-corrected chi connectivity index (χ2v) is 5.61. The van der Waals surface area contributed by atoms with Crippen molar-refractivity contribution in [2.75, 3.05) is 20.3 Å². The molecule has 3 heterocycles. The highest BCUT2D eigenvalue weighted by atomic mass is 16.5. The molecule has 2 aromatic rings. The summed E-state index contributed by atoms with van der Waals surface area (Å²) in [4.78, 5) is 19.0. The van der Waals surface area contributed by atoms with Gasteiger partial charge in [-0.3, -0.25) is 4.79 Å². The molecule has 0 saturated heterocycles. The Bertz CT molecular complexity index is 674. The quantitative estimate of drug-likeness (QED) is 0.868. The summed E-state index contributed by atoms with van der Waals surface area (Å²) in [6.45, 7) is 5.98. The fourth-order valence-electron chi connectivity index (χ4n) is 2.97. The summed E-state index contributed by atoms with van der Waals surface area (Å²) < 4.78 is 12.7. The molecule has 2 aromatic heterocycles. The highest BCUT2D eigenvalue weighted by Gasteiger charge is 2.32. The largest absolute Gasteiger partial charge is 0.459 e. The monoisotopic (exact) mass is 303 g/mol. The van der Waals surface area contributed by atoms with Crippen LogP contribution in [0.15, 0.2) is 22.9 Å². The topological polar surface area (TPSA) is 60.5 Å². The first-order chi connectivity index (χ1) is 10.6. The molecule has 0 radical (unpaired) electrons. The number of furan rings is 1. The summed E-state index contributed by atoms with van der Waals surface area (Å²) in [5.41, 5.74) is 2.02. The maximum absolute atomic E-state index is 12.7. The number of fused-ring (bicyclic) bond motifs is 1. The van der Waals surface area contributed by atoms with Crippen molar-refractivity contribution in [2.24, 2.45) is 0 Å². The van der Waals surface area contributed by atoms with Gasteiger partial charge in [0.2, 0.25) is 0 Å². The summed E-state index contributed by atoms with van der Waals surface area (Å²) >= 11 is 0. The van der Waals surface area contributed by atoms with E-state index in [-0.39, 0.29) is 11.9 Å². The number of amides is 1. The molecular weight excluding hydrogens is 282 g/mol. The van der Waals surface area contributed by atoms with Crippen LogP contribution < -0.4 is 0 Å². The average Bonchev–Trinajstić information content (AvgIpc) is 3.11. The van der Waals surface area contributed by atoms with Crippen molar-refractivity contribution in [3.8, 4) is 0 Å². The zero-order chi connectivity index (χ0) is 15.7. The molecule has 0 spiro atoms. The number of methoxy groups -OCH3 is 1. The summed E-state index contributed by atoms with van der Waals surface area (Å²) in [5.74, 6) is 1.28. The Kier molecular flexibility index (Phi) is 4.02. The maximum atomic E-state index is 12.7. The van der Waals surface area contributed by atoms with E-state index >= 15 is 0 Å². The highest BCUT2D eigenvalue weighted by molar-refractivity contribution is 5.93. The Morgan fingerprint density at radius 2 is 2.32 bits per heavy atom. The lowest BCUT2D eigenvalue weighted by Gasteiger charge is -2.34. The van der Waals surface area contributed by atoms with Gasteiger partial charge in [-0.2, -0.15) is 0 Å². The van der Waals surface area contributed by atoms with E-state index in [2.05, 4.69) is 9.55 Å². The average molecular weight is 303 g/mol. The molecule has 6 nitrogen and oxygen atoms in total. The number of carbonyl (C=O) groups is 1. The summed E-state index contributed by atoms with van der Waals surface area (Å²) in [7, 11) is 1.70. The number of aryl methyl sites for hydroxylation is 1. The first kappa shape index (κ1) is 14.8. The van der Waals surface area contributed by atoms with Gasteiger partial charge in [-0.05, 0) is 19.9 Å². The highest BCUT2D eigenvalue weighted by Crippen LogP contribution is 2.27. The van der Waals surface area contributed by atoms with Gasteiger partial charge in [0.25, 0.3) is 5.91 Å². The van der Waals surface area contributed by atoms with Crippen LogP contribution in [-0.4, -0.2) is 40.6 Å². The zero-order valence-electron chi connectivity index (χ0n) is 13.2. The van der Waals surface area contributed by atoms with Gasteiger partial charge >= 0.3 is 0 Å². The van der Waals surface area contributed by atoms with E-state index in [1.807, 2.05) is 31.0 Å². The summed E-state index contributed by atoms with van der Waals surface area (Å²) in [6.07, 6.45) is 4.28. The number of ether oxygens (including phenoxy) is 1. The molecule has 118 valence electrons. The second kappa shape index (κ2) is 5.96. The van der Waals surface area contributed by atoms with Gasteiger partial charge in [-0.15, -0.1) is 0 Å². The number of hydrogen-bond donors (Lipinski definition) is 0. The van der Waals surface area contributed by atoms with Crippen LogP contribution in [0, 0.1) is 6.92 Å². The van der Waals surface area contributed by atoms with Crippen molar-refractivity contribution in [3.05, 3.63) is 41.4 Å². The molecule has 1 atom stereocenters. The van der Waals surface area contributed by atoms with E-state index in [4.69, 9.17) is 9.15 Å². The lowest BCUT2D eigenvalue weighted by atomic mass is 10.1. The van der Waals surface area contributed by atoms with Gasteiger partial charge in [0.1, 0.15) is 5.82 Å². The molecule has 3 rings (SSSR count). The van der Waals surface area contributed by atoms with E-state index in [9.17, 15) is 4.79 Å². The Hall–Kier alpha value is -2.08. The molecule has 0 saturated carbocycles. The molecule has 0 bridgehead atoms. The third kappa shape index (κ3) is 2.43. The van der Waals surface area contributed by atoms with E-state index in [0.717, 1.165) is 30.0 Å². The van der Waals surface area contributed by atoms with Gasteiger partial charge < -0.3 is 18.6 Å². The van der Waals surface area contributed by atoms with Crippen molar-refractivity contribution in [1.29, 1.82) is 0 Å². The van der Waals surface area contributed by atoms with Crippen LogP contribution in [0.5, 0.6) is 0 Å². The minimum absolute atomic E-state index is 0.0670. The first-order valence-corrected chi connectivity index (χ1v) is 7.51. The van der Waals surface area contributed by atoms with E-state index in [1.165, 1.54) is 0 Å². The Labute approximate surface area is 129 Å². The van der Waals surface area contributed by atoms with Crippen molar-refractivity contribution < 1.29 is 13.9 Å². The standard InChI is InChI=1S/C16H21N3O3/c1-11-4-9-22-14(11)16(20)18-6-7-19-13(5-8-21-3)10-17-15(19)12(18)2/h4,9-10,12H,5-8H2,1-3H3. The minimum Gasteiger partial charge on any atom is -0.459 e. The predicted octanol–water partition coefficient (Wildman–Crippen LogP) is 2.19. The van der Waals surface area contributed by atoms with Crippen LogP contribution >= 0.6 is 0 Å². The molecule has 0 fully saturated rings. The van der Waals surface area contributed by atoms with Gasteiger partial charge in [0, 0.05) is 44.1 Å². The zero-order valence-corrected chi connectivity index (χ0v) is 13.2. The van der Waals surface area contributed by atoms with Crippen LogP contribution in [0.1, 0.15) is 40.6 Å². The molecular formula is C16H21N3O3. The molecule has 1 aliphatic heterocycles. The number of imidazole rings is 1. The molecule has 1 amide bonds. The van der Waals surface area contributed by atoms with Gasteiger partial charge in [-0.25, -0.2) is 4.98 Å². The SMILES string of the molecule is COCCc1cnc2n1CCN(C(=O)c1occc1C)C2C. The third-order valence-electron chi connectivity index (χ3n) is 4.25. The number of hydrogen-bond acceptors (Lipinski definition) is 4. The predicted molar refractivity (Wildman–Crippen MR) is 80.7 cm³/mol. The molecule has 0 N–H and O–H groups in total. The van der Waals surface area contributed by atoms with E-state index < -0.39 is 0 Å². The second-order valence-electron chi connectivity index (χ2n) is 5.61. The van der Waals surface area contributed by atoms with Crippen molar-refractivity contribution >= 4 is 5.91 Å². The van der Waals surface area contributed by atoms with E-state index in [1.54, 1.807) is 13.4 Å². The number of carbonyl (C=O) groups excluding carboxylic acids is 1. The van der Waals surface area contributed by atoms with Gasteiger partial charge in [0.15, 0.2) is 5.76 Å². The molecule has 1 unspecified atom stereocenters. The molecule has 22 heavy (non-hydrogen) atoms. The molecule has 0 aliphatic carbocycles. The summed E-state index contributed by atoms with van der Waals surface area (Å²) in [5, 5.41) is 0. The molecule has 6 heteroatoms. The van der Waals surface area contributed by atoms with Gasteiger partial charge in [-0.1, -0.05) is 0 Å². The Morgan fingerprint density at radius 3 is 3.00 bits per heavy atom. The van der Waals surface area contributed by atoms with E-state index in [0.29, 0.717) is 18.9 Å². The fourth-order valence-corrected chi connectivity index (χ4v) is 2.97. The number of rotatable bonds is 4. The van der Waals surface area contributed by atoms with Crippen LogP contribution in [0.25, 0.3) is 0 Å². The lowest BCUT2D eigenvalue weighted by molar-refractivity contribution is 0.0602. The fraction of sp³-hybridized carbons (Fsp3) is 0.500. The maximum Gasteiger partial charge on any atom is 0.290 e. The lowest BCUT2D eigenvalue weighted by Crippen LogP contribution is -2.41.